The van der Waals surface area contributed by atoms with Crippen molar-refractivity contribution >= 4 is 29.2 Å². The summed E-state index contributed by atoms with van der Waals surface area (Å²) in [4.78, 5) is 41.6. The number of hydrogen-bond donors (Lipinski definition) is 2. The number of ether oxygens (including phenoxy) is 3. The molecule has 1 atom stereocenters. The second kappa shape index (κ2) is 8.86. The van der Waals surface area contributed by atoms with Gasteiger partial charge in [0.05, 0.1) is 13.2 Å². The molecule has 2 aromatic rings. The SMILES string of the molecule is C[C@@]1(c2ccc3c(c2)OCCO3)NC(=O)N(CC(=O)Nc2ccc(N3CCOCC3)cc2)C1=O. The van der Waals surface area contributed by atoms with E-state index in [-0.39, 0.29) is 0 Å². The van der Waals surface area contributed by atoms with Crippen LogP contribution < -0.4 is 25.0 Å². The highest BCUT2D eigenvalue weighted by Gasteiger charge is 2.49. The van der Waals surface area contributed by atoms with Gasteiger partial charge in [-0.05, 0) is 48.9 Å². The number of nitrogens with one attached hydrogen (secondary N) is 2. The quantitative estimate of drug-likeness (QED) is 0.646. The molecule has 0 aliphatic carbocycles. The number of rotatable bonds is 5. The Bertz CT molecular complexity index is 1110. The van der Waals surface area contributed by atoms with E-state index in [0.717, 1.165) is 23.7 Å². The van der Waals surface area contributed by atoms with E-state index in [2.05, 4.69) is 15.5 Å². The average Bonchev–Trinajstić information content (AvgIpc) is 3.08. The van der Waals surface area contributed by atoms with Crippen molar-refractivity contribution in [3.63, 3.8) is 0 Å². The van der Waals surface area contributed by atoms with Gasteiger partial charge in [-0.2, -0.15) is 0 Å². The highest BCUT2D eigenvalue weighted by molar-refractivity contribution is 6.10. The van der Waals surface area contributed by atoms with Crippen molar-refractivity contribution < 1.29 is 28.6 Å². The number of carbonyl (C=O) groups is 3. The Hall–Kier alpha value is -3.79. The molecule has 0 saturated carbocycles. The average molecular weight is 466 g/mol. The van der Waals surface area contributed by atoms with Gasteiger partial charge in [0.15, 0.2) is 11.5 Å². The van der Waals surface area contributed by atoms with E-state index in [0.29, 0.717) is 49.2 Å². The largest absolute Gasteiger partial charge is 0.486 e. The molecule has 4 amide bonds. The van der Waals surface area contributed by atoms with Crippen LogP contribution in [0.1, 0.15) is 12.5 Å². The molecule has 10 heteroatoms. The molecule has 34 heavy (non-hydrogen) atoms. The van der Waals surface area contributed by atoms with Crippen molar-refractivity contribution in [2.24, 2.45) is 0 Å². The summed E-state index contributed by atoms with van der Waals surface area (Å²) in [5.74, 6) is 0.135. The first-order chi connectivity index (χ1) is 16.4. The number of fused-ring (bicyclic) bond motifs is 1. The predicted molar refractivity (Wildman–Crippen MR) is 123 cm³/mol. The van der Waals surface area contributed by atoms with Crippen LogP contribution in [0.25, 0.3) is 0 Å². The third-order valence-corrected chi connectivity index (χ3v) is 6.22. The first-order valence-corrected chi connectivity index (χ1v) is 11.2. The molecule has 0 aromatic heterocycles. The van der Waals surface area contributed by atoms with Crippen LogP contribution >= 0.6 is 0 Å². The zero-order chi connectivity index (χ0) is 23.7. The van der Waals surface area contributed by atoms with Gasteiger partial charge in [-0.1, -0.05) is 6.07 Å². The molecule has 5 rings (SSSR count). The topological polar surface area (TPSA) is 109 Å². The monoisotopic (exact) mass is 466 g/mol. The maximum Gasteiger partial charge on any atom is 0.325 e. The van der Waals surface area contributed by atoms with Gasteiger partial charge in [-0.15, -0.1) is 0 Å². The molecule has 3 heterocycles. The Morgan fingerprint density at radius 3 is 2.44 bits per heavy atom. The third kappa shape index (κ3) is 4.12. The maximum absolute atomic E-state index is 13.2. The molecule has 0 unspecified atom stereocenters. The molecule has 2 N–H and O–H groups in total. The van der Waals surface area contributed by atoms with Crippen molar-refractivity contribution in [3.05, 3.63) is 48.0 Å². The van der Waals surface area contributed by atoms with Crippen LogP contribution in [0.4, 0.5) is 16.2 Å². The minimum absolute atomic E-state index is 0.393. The molecule has 0 bridgehead atoms. The molecule has 178 valence electrons. The van der Waals surface area contributed by atoms with Gasteiger partial charge in [0, 0.05) is 24.5 Å². The number of amides is 4. The number of morpholine rings is 1. The lowest BCUT2D eigenvalue weighted by molar-refractivity contribution is -0.133. The Morgan fingerprint density at radius 2 is 1.71 bits per heavy atom. The van der Waals surface area contributed by atoms with Crippen molar-refractivity contribution in [2.75, 3.05) is 56.3 Å². The zero-order valence-corrected chi connectivity index (χ0v) is 18.8. The second-order valence-corrected chi connectivity index (χ2v) is 8.50. The van der Waals surface area contributed by atoms with E-state index in [1.807, 2.05) is 12.1 Å². The third-order valence-electron chi connectivity index (χ3n) is 6.22. The minimum atomic E-state index is -1.31. The number of nitrogens with zero attached hydrogens (tertiary/aromatic N) is 2. The molecular weight excluding hydrogens is 440 g/mol. The standard InChI is InChI=1S/C24H26N4O6/c1-24(16-2-7-19-20(14-16)34-13-12-33-19)22(30)28(23(31)26-24)15-21(29)25-17-3-5-18(6-4-17)27-8-10-32-11-9-27/h2-7,14H,8-13,15H2,1H3,(H,25,29)(H,26,31)/t24-/m0/s1. The van der Waals surface area contributed by atoms with Gasteiger partial charge in [-0.3, -0.25) is 14.5 Å². The van der Waals surface area contributed by atoms with Gasteiger partial charge >= 0.3 is 6.03 Å². The predicted octanol–water partition coefficient (Wildman–Crippen LogP) is 1.70. The molecule has 3 aliphatic rings. The lowest BCUT2D eigenvalue weighted by atomic mass is 9.91. The number of urea groups is 1. The lowest BCUT2D eigenvalue weighted by Gasteiger charge is -2.28. The van der Waals surface area contributed by atoms with Gasteiger partial charge in [0.2, 0.25) is 5.91 Å². The molecule has 2 aromatic carbocycles. The molecule has 2 saturated heterocycles. The van der Waals surface area contributed by atoms with Crippen LogP contribution in [0.2, 0.25) is 0 Å². The molecule has 0 spiro atoms. The Labute approximate surface area is 196 Å². The van der Waals surface area contributed by atoms with Crippen LogP contribution in [0.15, 0.2) is 42.5 Å². The van der Waals surface area contributed by atoms with Gasteiger partial charge in [-0.25, -0.2) is 4.79 Å². The highest BCUT2D eigenvalue weighted by atomic mass is 16.6. The minimum Gasteiger partial charge on any atom is -0.486 e. The van der Waals surface area contributed by atoms with E-state index in [4.69, 9.17) is 14.2 Å². The summed E-state index contributed by atoms with van der Waals surface area (Å²) >= 11 is 0. The summed E-state index contributed by atoms with van der Waals surface area (Å²) in [7, 11) is 0. The summed E-state index contributed by atoms with van der Waals surface area (Å²) in [6, 6.07) is 11.9. The maximum atomic E-state index is 13.2. The van der Waals surface area contributed by atoms with Crippen LogP contribution in [-0.2, 0) is 19.9 Å². The Balaban J connectivity index is 1.24. The molecular formula is C24H26N4O6. The van der Waals surface area contributed by atoms with Crippen LogP contribution in [0.3, 0.4) is 0 Å². The zero-order valence-electron chi connectivity index (χ0n) is 18.8. The van der Waals surface area contributed by atoms with E-state index < -0.39 is 29.9 Å². The molecule has 0 radical (unpaired) electrons. The number of anilines is 2. The Kier molecular flexibility index (Phi) is 5.74. The smallest absolute Gasteiger partial charge is 0.325 e. The first kappa shape index (κ1) is 22.0. The molecule has 2 fully saturated rings. The summed E-state index contributed by atoms with van der Waals surface area (Å²) in [5, 5.41) is 5.47. The van der Waals surface area contributed by atoms with Gasteiger partial charge in [0.1, 0.15) is 25.3 Å². The molecule has 10 nitrogen and oxygen atoms in total. The van der Waals surface area contributed by atoms with E-state index >= 15 is 0 Å². The first-order valence-electron chi connectivity index (χ1n) is 11.2. The normalized spacial score (nSPS) is 21.9. The van der Waals surface area contributed by atoms with E-state index in [9.17, 15) is 14.4 Å². The highest BCUT2D eigenvalue weighted by Crippen LogP contribution is 2.36. The van der Waals surface area contributed by atoms with Crippen LogP contribution in [0, 0.1) is 0 Å². The summed E-state index contributed by atoms with van der Waals surface area (Å²) in [6.45, 7) is 5.10. The fourth-order valence-corrected chi connectivity index (χ4v) is 4.31. The summed E-state index contributed by atoms with van der Waals surface area (Å²) in [5.41, 5.74) is 0.874. The fourth-order valence-electron chi connectivity index (χ4n) is 4.31. The summed E-state index contributed by atoms with van der Waals surface area (Å²) in [6.07, 6.45) is 0. The van der Waals surface area contributed by atoms with Gasteiger partial charge < -0.3 is 29.7 Å². The lowest BCUT2D eigenvalue weighted by Crippen LogP contribution is -2.42. The van der Waals surface area contributed by atoms with Crippen LogP contribution in [-0.4, -0.2) is 68.8 Å². The van der Waals surface area contributed by atoms with E-state index in [1.54, 1.807) is 37.3 Å². The Morgan fingerprint density at radius 1 is 1.00 bits per heavy atom. The van der Waals surface area contributed by atoms with Crippen molar-refractivity contribution in [3.8, 4) is 11.5 Å². The van der Waals surface area contributed by atoms with E-state index in [1.165, 1.54) is 0 Å². The summed E-state index contributed by atoms with van der Waals surface area (Å²) < 4.78 is 16.5. The second-order valence-electron chi connectivity index (χ2n) is 8.50. The van der Waals surface area contributed by atoms with Crippen molar-refractivity contribution in [1.82, 2.24) is 10.2 Å². The van der Waals surface area contributed by atoms with Crippen molar-refractivity contribution in [1.29, 1.82) is 0 Å². The number of imide groups is 1. The number of benzene rings is 2. The van der Waals surface area contributed by atoms with Gasteiger partial charge in [0.25, 0.3) is 5.91 Å². The van der Waals surface area contributed by atoms with Crippen LogP contribution in [0.5, 0.6) is 11.5 Å². The molecule has 3 aliphatic heterocycles. The number of carbonyl (C=O) groups excluding carboxylic acids is 3. The van der Waals surface area contributed by atoms with Crippen molar-refractivity contribution in [2.45, 2.75) is 12.5 Å². The fraction of sp³-hybridized carbons (Fsp3) is 0.375. The number of hydrogen-bond acceptors (Lipinski definition) is 7.